The second-order valence-electron chi connectivity index (χ2n) is 14.7. The molecule has 12 nitrogen and oxygen atoms in total. The largest absolute Gasteiger partial charge is 0.496 e. The van der Waals surface area contributed by atoms with Crippen LogP contribution in [0.2, 0.25) is 18.1 Å². The Bertz CT molecular complexity index is 1060. The molecule has 0 rings (SSSR count). The highest BCUT2D eigenvalue weighted by molar-refractivity contribution is 7.88. The molecule has 1 N–H and O–H groups in total. The maximum atomic E-state index is 6.59. The monoisotopic (exact) mass is 724 g/mol. The predicted octanol–water partition coefficient (Wildman–Crippen LogP) is 8.00. The van der Waals surface area contributed by atoms with Crippen molar-refractivity contribution in [2.75, 3.05) is 131 Å². The first-order valence-corrected chi connectivity index (χ1v) is 28.2. The Hall–Kier alpha value is 1.25. The molecule has 0 unspecified atom stereocenters. The van der Waals surface area contributed by atoms with Crippen molar-refractivity contribution in [1.29, 1.82) is 0 Å². The Balaban J connectivity index is 8.20. The van der Waals surface area contributed by atoms with Gasteiger partial charge in [0.25, 0.3) is 0 Å². The van der Waals surface area contributed by atoms with E-state index < -0.39 is 45.5 Å². The average molecular weight is 725 g/mol. The molecule has 0 saturated heterocycles. The van der Waals surface area contributed by atoms with E-state index in [-0.39, 0.29) is 5.04 Å². The number of hydrogen-bond donors (Lipinski definition) is 1. The van der Waals surface area contributed by atoms with Crippen molar-refractivity contribution < 1.29 is 4.43 Å². The smallest absolute Gasteiger partial charge is 0.416 e. The Morgan fingerprint density at radius 3 is 1.21 bits per heavy atom. The van der Waals surface area contributed by atoms with E-state index in [4.69, 9.17) is 22.5 Å². The first kappa shape index (κ1) is 44.2. The van der Waals surface area contributed by atoms with Crippen molar-refractivity contribution in [1.82, 2.24) is 33.1 Å². The van der Waals surface area contributed by atoms with Crippen molar-refractivity contribution >= 4 is 45.5 Å². The van der Waals surface area contributed by atoms with Crippen LogP contribution in [0.5, 0.6) is 0 Å². The van der Waals surface area contributed by atoms with Crippen molar-refractivity contribution in [2.45, 2.75) is 38.9 Å². The highest BCUT2D eigenvalue weighted by Gasteiger charge is 2.51. The second kappa shape index (κ2) is 16.1. The molecule has 0 amide bonds. The number of hydrogen-bond acceptors (Lipinski definition) is 5. The lowest BCUT2D eigenvalue weighted by molar-refractivity contribution is 0.292. The molecular formula is C25H71N11OP5Si+. The molecular weight excluding hydrogens is 653 g/mol. The molecule has 260 valence electrons. The molecule has 0 aliphatic carbocycles. The van der Waals surface area contributed by atoms with Crippen LogP contribution in [0.4, 0.5) is 0 Å². The number of nitrogens with zero attached hydrogens (tertiary/aromatic N) is 10. The topological polar surface area (TPSA) is 90.1 Å². The summed E-state index contributed by atoms with van der Waals surface area (Å²) in [4.78, 5) is 0. The van der Waals surface area contributed by atoms with E-state index in [0.29, 0.717) is 13.2 Å². The van der Waals surface area contributed by atoms with Gasteiger partial charge < -0.3 is 4.43 Å². The minimum Gasteiger partial charge on any atom is -0.416 e. The fourth-order valence-corrected chi connectivity index (χ4v) is 22.6. The van der Waals surface area contributed by atoms with E-state index in [2.05, 4.69) is 185 Å². The average Bonchev–Trinajstić information content (AvgIpc) is 2.77. The first-order valence-electron chi connectivity index (χ1n) is 14.7. The summed E-state index contributed by atoms with van der Waals surface area (Å²) in [6.45, 7) is 24.0. The quantitative estimate of drug-likeness (QED) is 0.103. The van der Waals surface area contributed by atoms with Gasteiger partial charge in [-0.1, -0.05) is 25.3 Å². The molecule has 0 aromatic heterocycles. The summed E-state index contributed by atoms with van der Waals surface area (Å²) in [7, 11) is 11.7. The van der Waals surface area contributed by atoms with Crippen LogP contribution >= 0.6 is 37.1 Å². The van der Waals surface area contributed by atoms with E-state index in [9.17, 15) is 0 Å². The van der Waals surface area contributed by atoms with Crippen molar-refractivity contribution in [2.24, 2.45) is 18.1 Å². The molecule has 0 fully saturated rings. The Morgan fingerprint density at radius 2 is 0.953 bits per heavy atom. The molecule has 0 bridgehead atoms. The highest BCUT2D eigenvalue weighted by atomic mass is 31.3. The molecule has 0 radical (unpaired) electrons. The van der Waals surface area contributed by atoms with Gasteiger partial charge in [0.2, 0.25) is 7.51 Å². The summed E-state index contributed by atoms with van der Waals surface area (Å²) in [5.41, 5.74) is 0. The van der Waals surface area contributed by atoms with Crippen molar-refractivity contribution in [3.63, 3.8) is 0 Å². The number of nitrogens with one attached hydrogen (secondary N) is 1. The molecule has 18 heteroatoms. The Morgan fingerprint density at radius 1 is 0.605 bits per heavy atom. The van der Waals surface area contributed by atoms with E-state index in [1.54, 1.807) is 0 Å². The van der Waals surface area contributed by atoms with Gasteiger partial charge in [-0.3, -0.25) is 23.8 Å². The summed E-state index contributed by atoms with van der Waals surface area (Å²) in [6, 6.07) is 0. The lowest BCUT2D eigenvalue weighted by Gasteiger charge is -2.39. The predicted molar refractivity (Wildman–Crippen MR) is 207 cm³/mol. The SMILES string of the molecule is CN(C)P(C)(=N[P+](N=P(C)(C)C)(N=P(C)(N(C)C)N(C)C)N=P(NCCO[Si](C)(C)C(C)(C)C)(N(C)C)N(C)C)N(C)C. The highest BCUT2D eigenvalue weighted by Crippen LogP contribution is 2.83. The minimum atomic E-state index is -3.06. The zero-order chi connectivity index (χ0) is 34.6. The second-order valence-corrected chi connectivity index (χ2v) is 37.1. The third-order valence-electron chi connectivity index (χ3n) is 8.05. The van der Waals surface area contributed by atoms with Gasteiger partial charge in [-0.15, -0.1) is 0 Å². The van der Waals surface area contributed by atoms with Crippen LogP contribution in [0, 0.1) is 0 Å². The van der Waals surface area contributed by atoms with E-state index in [1.807, 2.05) is 0 Å². The summed E-state index contributed by atoms with van der Waals surface area (Å²) >= 11 is 0. The normalized spacial score (nSPS) is 15.0. The molecule has 0 atom stereocenters. The zero-order valence-electron chi connectivity index (χ0n) is 32.0. The van der Waals surface area contributed by atoms with E-state index >= 15 is 0 Å². The van der Waals surface area contributed by atoms with Crippen LogP contribution in [0.15, 0.2) is 18.1 Å². The van der Waals surface area contributed by atoms with Gasteiger partial charge in [-0.2, -0.15) is 0 Å². The molecule has 0 spiro atoms. The van der Waals surface area contributed by atoms with E-state index in [1.165, 1.54) is 0 Å². The third-order valence-corrected chi connectivity index (χ3v) is 31.2. The first-order chi connectivity index (χ1) is 18.9. The van der Waals surface area contributed by atoms with Crippen LogP contribution in [-0.2, 0) is 4.43 Å². The summed E-state index contributed by atoms with van der Waals surface area (Å²) in [5.74, 6) is 0. The maximum absolute atomic E-state index is 6.59. The summed E-state index contributed by atoms with van der Waals surface area (Å²) in [6.07, 6.45) is 0. The lowest BCUT2D eigenvalue weighted by Crippen LogP contribution is -2.42. The Labute approximate surface area is 270 Å². The van der Waals surface area contributed by atoms with Crippen LogP contribution in [0.1, 0.15) is 20.8 Å². The molecule has 0 heterocycles. The molecule has 0 saturated carbocycles. The molecule has 43 heavy (non-hydrogen) atoms. The van der Waals surface area contributed by atoms with Crippen molar-refractivity contribution in [3.8, 4) is 0 Å². The van der Waals surface area contributed by atoms with Crippen LogP contribution in [0.25, 0.3) is 0 Å². The number of rotatable bonds is 15. The molecule has 0 aliphatic heterocycles. The van der Waals surface area contributed by atoms with Crippen LogP contribution in [0.3, 0.4) is 0 Å². The Kier molecular flexibility index (Phi) is 16.6. The lowest BCUT2D eigenvalue weighted by atomic mass is 10.2. The van der Waals surface area contributed by atoms with Gasteiger partial charge >= 0.3 is 7.87 Å². The zero-order valence-corrected chi connectivity index (χ0v) is 37.5. The maximum Gasteiger partial charge on any atom is 0.496 e. The van der Waals surface area contributed by atoms with Gasteiger partial charge in [-0.25, -0.2) is 9.34 Å². The summed E-state index contributed by atoms with van der Waals surface area (Å²) < 4.78 is 43.2. The summed E-state index contributed by atoms with van der Waals surface area (Å²) in [5, 5.41) is 4.06. The minimum absolute atomic E-state index is 0.152. The fourth-order valence-electron chi connectivity index (χ4n) is 3.68. The van der Waals surface area contributed by atoms with Gasteiger partial charge in [0, 0.05) is 33.5 Å². The fraction of sp³-hybridized carbons (Fsp3) is 1.00. The standard InChI is InChI=1S/C25H71N11OP5Si/c1-25(2,3)43(21,22)37-24-23-26-42(35(12)13,36(14)15)30-41(27-38(16,17)18,28-39(19,31(4)5)32(6)7)29-40(20,33(8)9)34(10)11/h26H,23-24H2,1-22H3/q+1. The van der Waals surface area contributed by atoms with Crippen LogP contribution < -0.4 is 5.09 Å². The molecule has 0 aromatic rings. The van der Waals surface area contributed by atoms with Gasteiger partial charge in [0.05, 0.1) is 0 Å². The van der Waals surface area contributed by atoms with Gasteiger partial charge in [0.15, 0.2) is 8.32 Å². The molecule has 0 aromatic carbocycles. The molecule has 0 aliphatic rings. The van der Waals surface area contributed by atoms with Crippen molar-refractivity contribution in [3.05, 3.63) is 0 Å². The van der Waals surface area contributed by atoms with Crippen LogP contribution in [-0.4, -0.2) is 167 Å². The van der Waals surface area contributed by atoms with Gasteiger partial charge in [-0.05, 0) is 136 Å². The third kappa shape index (κ3) is 11.7. The van der Waals surface area contributed by atoms with E-state index in [0.717, 1.165) is 0 Å². The van der Waals surface area contributed by atoms with Gasteiger partial charge in [0.1, 0.15) is 14.7 Å².